The molecule has 2 N–H and O–H groups in total. The Kier molecular flexibility index (Phi) is 29.4. The van der Waals surface area contributed by atoms with Crippen LogP contribution in [0.25, 0.3) is 0 Å². The molecule has 0 rings (SSSR count). The summed E-state index contributed by atoms with van der Waals surface area (Å²) in [6.07, 6.45) is 28.3. The average molecular weight is 621 g/mol. The van der Waals surface area contributed by atoms with Gasteiger partial charge in [0.1, 0.15) is 6.61 Å². The van der Waals surface area contributed by atoms with Crippen LogP contribution in [0, 0.1) is 0 Å². The van der Waals surface area contributed by atoms with Gasteiger partial charge in [0.05, 0.1) is 6.61 Å². The van der Waals surface area contributed by atoms with Crippen LogP contribution in [0.2, 0.25) is 0 Å². The lowest BCUT2D eigenvalue weighted by molar-refractivity contribution is -0.161. The molecule has 1 unspecified atom stereocenters. The van der Waals surface area contributed by atoms with Crippen molar-refractivity contribution in [3.8, 4) is 0 Å². The van der Waals surface area contributed by atoms with E-state index >= 15 is 0 Å². The van der Waals surface area contributed by atoms with E-state index in [0.717, 1.165) is 32.1 Å². The van der Waals surface area contributed by atoms with E-state index in [9.17, 15) is 14.2 Å². The number of rotatable bonds is 32. The molecule has 0 aromatic carbocycles. The van der Waals surface area contributed by atoms with Gasteiger partial charge in [0, 0.05) is 12.8 Å². The first kappa shape index (κ1) is 41.0. The molecule has 0 fully saturated rings. The quantitative estimate of drug-likeness (QED) is 0.0433. The van der Waals surface area contributed by atoms with E-state index in [-0.39, 0.29) is 19.4 Å². The summed E-state index contributed by atoms with van der Waals surface area (Å²) in [5.74, 6) is -0.877. The minimum atomic E-state index is -4.73. The maximum absolute atomic E-state index is 12.3. The molecule has 0 heterocycles. The van der Waals surface area contributed by atoms with Crippen LogP contribution in [0.15, 0.2) is 0 Å². The number of phosphoric ester groups is 1. The lowest BCUT2D eigenvalue weighted by Crippen LogP contribution is -2.29. The molecule has 8 nitrogen and oxygen atoms in total. The van der Waals surface area contributed by atoms with Gasteiger partial charge >= 0.3 is 19.8 Å². The Labute approximate surface area is 257 Å². The molecular weight excluding hydrogens is 555 g/mol. The summed E-state index contributed by atoms with van der Waals surface area (Å²) in [6.45, 7) is 3.66. The van der Waals surface area contributed by atoms with Crippen molar-refractivity contribution >= 4 is 19.8 Å². The van der Waals surface area contributed by atoms with Gasteiger partial charge in [-0.1, -0.05) is 155 Å². The Bertz CT molecular complexity index is 666. The third-order valence-corrected chi connectivity index (χ3v) is 8.11. The molecule has 0 bridgehead atoms. The molecule has 9 heteroatoms. The molecule has 0 aliphatic heterocycles. The second kappa shape index (κ2) is 30.1. The standard InChI is InChI=1S/C33H65O8P/c1-3-5-7-9-11-13-15-16-17-18-20-22-24-26-28-33(35)41-31(30-40-42(36,37)38)29-39-32(34)27-25-23-21-19-14-12-10-8-6-4-2/h31H,3-30H2,1-2H3,(H2,36,37,38). The van der Waals surface area contributed by atoms with Gasteiger partial charge in [0.2, 0.25) is 0 Å². The highest BCUT2D eigenvalue weighted by molar-refractivity contribution is 7.46. The molecule has 0 saturated carbocycles. The van der Waals surface area contributed by atoms with E-state index in [1.165, 1.54) is 116 Å². The largest absolute Gasteiger partial charge is 0.469 e. The van der Waals surface area contributed by atoms with Crippen LogP contribution in [0.3, 0.4) is 0 Å². The predicted molar refractivity (Wildman–Crippen MR) is 170 cm³/mol. The van der Waals surface area contributed by atoms with E-state index < -0.39 is 32.5 Å². The number of carbonyl (C=O) groups excluding carboxylic acids is 2. The Morgan fingerprint density at radius 2 is 0.857 bits per heavy atom. The number of phosphoric acid groups is 1. The van der Waals surface area contributed by atoms with E-state index in [4.69, 9.17) is 19.3 Å². The molecule has 0 aliphatic rings. The monoisotopic (exact) mass is 620 g/mol. The van der Waals surface area contributed by atoms with Gasteiger partial charge in [-0.15, -0.1) is 0 Å². The van der Waals surface area contributed by atoms with Gasteiger partial charge in [0.25, 0.3) is 0 Å². The molecule has 0 aliphatic carbocycles. The van der Waals surface area contributed by atoms with Crippen molar-refractivity contribution in [2.24, 2.45) is 0 Å². The summed E-state index contributed by atoms with van der Waals surface area (Å²) in [5, 5.41) is 0. The summed E-state index contributed by atoms with van der Waals surface area (Å²) < 4.78 is 26.2. The zero-order valence-corrected chi connectivity index (χ0v) is 28.1. The Morgan fingerprint density at radius 3 is 1.21 bits per heavy atom. The molecule has 0 radical (unpaired) electrons. The highest BCUT2D eigenvalue weighted by atomic mass is 31.2. The number of esters is 2. The minimum absolute atomic E-state index is 0.219. The van der Waals surface area contributed by atoms with Crippen LogP contribution in [0.1, 0.15) is 181 Å². The predicted octanol–water partition coefficient (Wildman–Crippen LogP) is 9.73. The first-order valence-electron chi connectivity index (χ1n) is 17.3. The van der Waals surface area contributed by atoms with Crippen LogP contribution in [0.5, 0.6) is 0 Å². The molecule has 0 aromatic rings. The van der Waals surface area contributed by atoms with Crippen molar-refractivity contribution in [1.29, 1.82) is 0 Å². The Balaban J connectivity index is 3.96. The number of carbonyl (C=O) groups is 2. The van der Waals surface area contributed by atoms with Crippen LogP contribution in [0.4, 0.5) is 0 Å². The molecule has 0 aromatic heterocycles. The van der Waals surface area contributed by atoms with Crippen molar-refractivity contribution in [2.45, 2.75) is 187 Å². The van der Waals surface area contributed by atoms with Crippen molar-refractivity contribution in [1.82, 2.24) is 0 Å². The van der Waals surface area contributed by atoms with Gasteiger partial charge < -0.3 is 19.3 Å². The second-order valence-corrected chi connectivity index (χ2v) is 13.1. The van der Waals surface area contributed by atoms with E-state index in [2.05, 4.69) is 18.4 Å². The fourth-order valence-electron chi connectivity index (χ4n) is 5.02. The third kappa shape index (κ3) is 32.0. The molecule has 250 valence electrons. The first-order valence-corrected chi connectivity index (χ1v) is 18.9. The van der Waals surface area contributed by atoms with Crippen molar-refractivity contribution in [3.05, 3.63) is 0 Å². The highest BCUT2D eigenvalue weighted by Gasteiger charge is 2.22. The lowest BCUT2D eigenvalue weighted by Gasteiger charge is -2.18. The zero-order chi connectivity index (χ0) is 31.2. The molecular formula is C33H65O8P. The average Bonchev–Trinajstić information content (AvgIpc) is 2.95. The van der Waals surface area contributed by atoms with Crippen LogP contribution in [-0.4, -0.2) is 41.0 Å². The summed E-state index contributed by atoms with van der Waals surface area (Å²) >= 11 is 0. The van der Waals surface area contributed by atoms with Crippen molar-refractivity contribution in [2.75, 3.05) is 13.2 Å². The summed E-state index contributed by atoms with van der Waals surface area (Å²) in [5.41, 5.74) is 0. The van der Waals surface area contributed by atoms with E-state index in [1.54, 1.807) is 0 Å². The fourth-order valence-corrected chi connectivity index (χ4v) is 5.38. The number of hydrogen-bond donors (Lipinski definition) is 2. The Hall–Kier alpha value is -0.950. The molecule has 1 atom stereocenters. The smallest absolute Gasteiger partial charge is 0.462 e. The lowest BCUT2D eigenvalue weighted by atomic mass is 10.0. The van der Waals surface area contributed by atoms with Crippen LogP contribution >= 0.6 is 7.82 Å². The number of ether oxygens (including phenoxy) is 2. The molecule has 0 saturated heterocycles. The maximum atomic E-state index is 12.3. The molecule has 42 heavy (non-hydrogen) atoms. The number of unbranched alkanes of at least 4 members (excludes halogenated alkanes) is 22. The highest BCUT2D eigenvalue weighted by Crippen LogP contribution is 2.36. The first-order chi connectivity index (χ1) is 20.3. The molecule has 0 amide bonds. The summed E-state index contributed by atoms with van der Waals surface area (Å²) in [4.78, 5) is 42.5. The zero-order valence-electron chi connectivity index (χ0n) is 27.2. The molecule has 0 spiro atoms. The van der Waals surface area contributed by atoms with Crippen LogP contribution < -0.4 is 0 Å². The van der Waals surface area contributed by atoms with E-state index in [1.807, 2.05) is 0 Å². The van der Waals surface area contributed by atoms with Crippen LogP contribution in [-0.2, 0) is 28.2 Å². The third-order valence-electron chi connectivity index (χ3n) is 7.63. The summed E-state index contributed by atoms with van der Waals surface area (Å²) in [7, 11) is -4.73. The summed E-state index contributed by atoms with van der Waals surface area (Å²) in [6, 6.07) is 0. The van der Waals surface area contributed by atoms with Gasteiger partial charge in [-0.05, 0) is 12.8 Å². The SMILES string of the molecule is CCCCCCCCCCCCCCCCC(=O)OC(COC(=O)CCCCCCCCCCCC)COP(=O)(O)O. The maximum Gasteiger partial charge on any atom is 0.469 e. The second-order valence-electron chi connectivity index (χ2n) is 11.9. The van der Waals surface area contributed by atoms with Gasteiger partial charge in [-0.3, -0.25) is 14.1 Å². The van der Waals surface area contributed by atoms with Crippen molar-refractivity contribution < 1.29 is 37.9 Å². The van der Waals surface area contributed by atoms with Crippen molar-refractivity contribution in [3.63, 3.8) is 0 Å². The van der Waals surface area contributed by atoms with Gasteiger partial charge in [-0.2, -0.15) is 0 Å². The fraction of sp³-hybridized carbons (Fsp3) is 0.939. The van der Waals surface area contributed by atoms with Gasteiger partial charge in [0.15, 0.2) is 6.10 Å². The van der Waals surface area contributed by atoms with Gasteiger partial charge in [-0.25, -0.2) is 4.57 Å². The topological polar surface area (TPSA) is 119 Å². The Morgan fingerprint density at radius 1 is 0.524 bits per heavy atom. The minimum Gasteiger partial charge on any atom is -0.462 e. The normalized spacial score (nSPS) is 12.4. The van der Waals surface area contributed by atoms with E-state index in [0.29, 0.717) is 6.42 Å². The number of hydrogen-bond acceptors (Lipinski definition) is 6.